The number of hydrogen-bond acceptors (Lipinski definition) is 7. The average molecular weight is 450 g/mol. The summed E-state index contributed by atoms with van der Waals surface area (Å²) in [5.74, 6) is 0.453. The van der Waals surface area contributed by atoms with Crippen molar-refractivity contribution in [2.75, 3.05) is 24.6 Å². The molecule has 1 aliphatic rings. The second-order valence-electron chi connectivity index (χ2n) is 7.51. The van der Waals surface area contributed by atoms with Crippen molar-refractivity contribution in [1.29, 1.82) is 5.26 Å². The number of carbonyl (C=O) groups is 1. The van der Waals surface area contributed by atoms with Gasteiger partial charge in [0.2, 0.25) is 5.95 Å². The average Bonchev–Trinajstić information content (AvgIpc) is 2.73. The van der Waals surface area contributed by atoms with Crippen LogP contribution in [-0.4, -0.2) is 57.7 Å². The number of nitrogens with zero attached hydrogens (tertiary/aromatic N) is 5. The lowest BCUT2D eigenvalue weighted by Crippen LogP contribution is -2.59. The molecule has 170 valence electrons. The fourth-order valence-electron chi connectivity index (χ4n) is 3.60. The van der Waals surface area contributed by atoms with E-state index in [1.54, 1.807) is 4.90 Å². The van der Waals surface area contributed by atoms with Crippen LogP contribution in [0, 0.1) is 11.3 Å². The molecule has 0 bridgehead atoms. The third-order valence-corrected chi connectivity index (χ3v) is 5.06. The van der Waals surface area contributed by atoms with Crippen molar-refractivity contribution in [3.8, 4) is 6.07 Å². The molecule has 12 heteroatoms. The quantitative estimate of drug-likeness (QED) is 0.760. The number of aromatic amines is 1. The van der Waals surface area contributed by atoms with Gasteiger partial charge in [-0.3, -0.25) is 9.69 Å². The fourth-order valence-corrected chi connectivity index (χ4v) is 3.60. The molecule has 2 aromatic rings. The molecule has 0 saturated carbocycles. The maximum Gasteiger partial charge on any atom is 0.421 e. The highest BCUT2D eigenvalue weighted by Crippen LogP contribution is 2.26. The summed E-state index contributed by atoms with van der Waals surface area (Å²) in [5.41, 5.74) is -1.95. The van der Waals surface area contributed by atoms with Crippen LogP contribution >= 0.6 is 0 Å². The molecule has 0 aliphatic carbocycles. The number of piperazine rings is 1. The Kier molecular flexibility index (Phi) is 6.67. The number of halogens is 3. The first-order valence-electron chi connectivity index (χ1n) is 9.81. The van der Waals surface area contributed by atoms with E-state index in [1.807, 2.05) is 24.8 Å². The lowest BCUT2D eigenvalue weighted by molar-refractivity contribution is -0.138. The van der Waals surface area contributed by atoms with Gasteiger partial charge in [0.15, 0.2) is 0 Å². The molecule has 2 atom stereocenters. The Morgan fingerprint density at radius 2 is 1.91 bits per heavy atom. The van der Waals surface area contributed by atoms with Crippen LogP contribution in [0.5, 0.6) is 0 Å². The van der Waals surface area contributed by atoms with Gasteiger partial charge in [0.05, 0.1) is 36.6 Å². The summed E-state index contributed by atoms with van der Waals surface area (Å²) in [6.07, 6.45) is -1.28. The van der Waals surface area contributed by atoms with Crippen LogP contribution in [0.15, 0.2) is 29.5 Å². The van der Waals surface area contributed by atoms with Crippen LogP contribution in [0.25, 0.3) is 0 Å². The molecule has 2 aromatic heterocycles. The van der Waals surface area contributed by atoms with Gasteiger partial charge in [0.25, 0.3) is 5.56 Å². The number of pyridine rings is 1. The van der Waals surface area contributed by atoms with E-state index in [0.29, 0.717) is 24.6 Å². The Bertz CT molecular complexity index is 1050. The zero-order valence-electron chi connectivity index (χ0n) is 17.4. The minimum absolute atomic E-state index is 0.0212. The molecule has 3 rings (SSSR count). The van der Waals surface area contributed by atoms with Gasteiger partial charge in [-0.1, -0.05) is 0 Å². The summed E-state index contributed by atoms with van der Waals surface area (Å²) >= 11 is 0. The molecule has 1 fully saturated rings. The molecule has 0 unspecified atom stereocenters. The van der Waals surface area contributed by atoms with Gasteiger partial charge < -0.3 is 14.6 Å². The summed E-state index contributed by atoms with van der Waals surface area (Å²) in [5, 5.41) is 8.86. The lowest BCUT2D eigenvalue weighted by atomic mass is 10.1. The van der Waals surface area contributed by atoms with Crippen molar-refractivity contribution < 1.29 is 22.7 Å². The molecule has 0 radical (unpaired) electrons. The van der Waals surface area contributed by atoms with E-state index in [9.17, 15) is 22.8 Å². The van der Waals surface area contributed by atoms with Gasteiger partial charge in [-0.05, 0) is 25.5 Å². The third-order valence-electron chi connectivity index (χ3n) is 5.06. The van der Waals surface area contributed by atoms with E-state index in [-0.39, 0.29) is 30.7 Å². The van der Waals surface area contributed by atoms with Crippen LogP contribution in [0.3, 0.4) is 0 Å². The van der Waals surface area contributed by atoms with E-state index in [2.05, 4.69) is 15.0 Å². The fraction of sp³-hybridized carbons (Fsp3) is 0.450. The Labute approximate surface area is 181 Å². The highest BCUT2D eigenvalue weighted by Gasteiger charge is 2.35. The smallest absolute Gasteiger partial charge is 0.421 e. The lowest BCUT2D eigenvalue weighted by Gasteiger charge is -2.43. The maximum absolute atomic E-state index is 12.9. The first-order chi connectivity index (χ1) is 15.1. The number of aromatic nitrogens is 3. The number of rotatable bonds is 4. The standard InChI is InChI=1S/C20H21F3N6O3/c1-12-10-28(18-26-8-15(6-24)9-27-18)11-13(2)29(12)19(31)32-4-3-14-5-16(20(21,22)23)17(30)25-7-14/h5,7-9,12-13H,3-4,10-11H2,1-2H3,(H,25,30)/t12-,13-/m0/s1. The molecule has 32 heavy (non-hydrogen) atoms. The van der Waals surface area contributed by atoms with Crippen molar-refractivity contribution in [2.45, 2.75) is 38.5 Å². The highest BCUT2D eigenvalue weighted by molar-refractivity contribution is 5.69. The number of anilines is 1. The Morgan fingerprint density at radius 1 is 1.28 bits per heavy atom. The first kappa shape index (κ1) is 23.1. The molecule has 3 heterocycles. The van der Waals surface area contributed by atoms with E-state index in [0.717, 1.165) is 6.07 Å². The number of nitrogens with one attached hydrogen (secondary N) is 1. The van der Waals surface area contributed by atoms with Gasteiger partial charge in [-0.2, -0.15) is 18.4 Å². The summed E-state index contributed by atoms with van der Waals surface area (Å²) in [6, 6.07) is 2.23. The molecule has 0 spiro atoms. The number of H-pyrrole nitrogens is 1. The molecular formula is C20H21F3N6O3. The predicted octanol–water partition coefficient (Wildman–Crippen LogP) is 2.33. The maximum atomic E-state index is 12.9. The van der Waals surface area contributed by atoms with Crippen molar-refractivity contribution in [3.05, 3.63) is 51.7 Å². The molecular weight excluding hydrogens is 429 g/mol. The number of ether oxygens (including phenoxy) is 1. The largest absolute Gasteiger partial charge is 0.449 e. The van der Waals surface area contributed by atoms with E-state index < -0.39 is 23.4 Å². The Morgan fingerprint density at radius 3 is 2.47 bits per heavy atom. The molecule has 1 N–H and O–H groups in total. The number of hydrogen-bond donors (Lipinski definition) is 1. The van der Waals surface area contributed by atoms with Gasteiger partial charge in [-0.15, -0.1) is 0 Å². The summed E-state index contributed by atoms with van der Waals surface area (Å²) in [4.78, 5) is 37.8. The van der Waals surface area contributed by atoms with Gasteiger partial charge in [0.1, 0.15) is 11.6 Å². The Hall–Kier alpha value is -3.62. The minimum atomic E-state index is -4.76. The number of carbonyl (C=O) groups excluding carboxylic acids is 1. The van der Waals surface area contributed by atoms with Crippen LogP contribution < -0.4 is 10.5 Å². The van der Waals surface area contributed by atoms with Crippen LogP contribution in [-0.2, 0) is 17.3 Å². The molecule has 1 saturated heterocycles. The van der Waals surface area contributed by atoms with Gasteiger partial charge in [-0.25, -0.2) is 14.8 Å². The first-order valence-corrected chi connectivity index (χ1v) is 9.81. The topological polar surface area (TPSA) is 115 Å². The second-order valence-corrected chi connectivity index (χ2v) is 7.51. The zero-order valence-corrected chi connectivity index (χ0v) is 17.4. The number of nitriles is 1. The van der Waals surface area contributed by atoms with E-state index in [4.69, 9.17) is 10.00 Å². The van der Waals surface area contributed by atoms with Crippen LogP contribution in [0.2, 0.25) is 0 Å². The van der Waals surface area contributed by atoms with E-state index >= 15 is 0 Å². The molecule has 9 nitrogen and oxygen atoms in total. The third kappa shape index (κ3) is 5.16. The SMILES string of the molecule is C[C@H]1CN(c2ncc(C#N)cn2)C[C@H](C)N1C(=O)OCCc1c[nH]c(=O)c(C(F)(F)F)c1. The number of alkyl halides is 3. The van der Waals surface area contributed by atoms with Crippen LogP contribution in [0.1, 0.15) is 30.5 Å². The molecule has 1 aliphatic heterocycles. The summed E-state index contributed by atoms with van der Waals surface area (Å²) in [6.45, 7) is 4.43. The molecule has 1 amide bonds. The summed E-state index contributed by atoms with van der Waals surface area (Å²) in [7, 11) is 0. The minimum Gasteiger partial charge on any atom is -0.449 e. The monoisotopic (exact) mass is 450 g/mol. The van der Waals surface area contributed by atoms with Crippen LogP contribution in [0.4, 0.5) is 23.9 Å². The summed E-state index contributed by atoms with van der Waals surface area (Å²) < 4.78 is 43.9. The predicted molar refractivity (Wildman–Crippen MR) is 107 cm³/mol. The second kappa shape index (κ2) is 9.25. The van der Waals surface area contributed by atoms with Crippen molar-refractivity contribution in [2.24, 2.45) is 0 Å². The Balaban J connectivity index is 1.58. The normalized spacial score (nSPS) is 18.9. The van der Waals surface area contributed by atoms with Gasteiger partial charge in [0, 0.05) is 25.7 Å². The number of amides is 1. The molecule has 0 aromatic carbocycles. The van der Waals surface area contributed by atoms with Crippen molar-refractivity contribution in [3.63, 3.8) is 0 Å². The zero-order chi connectivity index (χ0) is 23.5. The van der Waals surface area contributed by atoms with Gasteiger partial charge >= 0.3 is 12.3 Å². The van der Waals surface area contributed by atoms with E-state index in [1.165, 1.54) is 18.6 Å². The highest BCUT2D eigenvalue weighted by atomic mass is 19.4. The van der Waals surface area contributed by atoms with Crippen molar-refractivity contribution >= 4 is 12.0 Å². The van der Waals surface area contributed by atoms with Crippen molar-refractivity contribution in [1.82, 2.24) is 19.9 Å².